The topological polar surface area (TPSA) is 83.6 Å². The molecule has 0 aliphatic rings. The minimum atomic E-state index is -3.52. The van der Waals surface area contributed by atoms with Gasteiger partial charge in [-0.2, -0.15) is 0 Å². The van der Waals surface area contributed by atoms with Crippen molar-refractivity contribution >= 4 is 33.0 Å². The zero-order valence-electron chi connectivity index (χ0n) is 18.8. The predicted molar refractivity (Wildman–Crippen MR) is 131 cm³/mol. The summed E-state index contributed by atoms with van der Waals surface area (Å²) in [5.41, 5.74) is 3.21. The number of likely N-dealkylation sites (N-methyl/N-ethyl adjacent to an activating group) is 1. The fourth-order valence-corrected chi connectivity index (χ4v) is 4.64. The number of benzene rings is 3. The van der Waals surface area contributed by atoms with Crippen LogP contribution in [0.2, 0.25) is 0 Å². The Morgan fingerprint density at radius 3 is 2.12 bits per heavy atom. The first-order valence-electron chi connectivity index (χ1n) is 10.8. The third-order valence-electron chi connectivity index (χ3n) is 5.26. The number of carbonyl (C=O) groups is 2. The number of hydrogen-bond acceptors (Lipinski definition) is 4. The lowest BCUT2D eigenvalue weighted by Crippen LogP contribution is -2.31. The van der Waals surface area contributed by atoms with Crippen LogP contribution in [0.1, 0.15) is 24.5 Å². The molecule has 0 aliphatic heterocycles. The third kappa shape index (κ3) is 6.76. The van der Waals surface area contributed by atoms with E-state index in [0.29, 0.717) is 12.2 Å². The van der Waals surface area contributed by atoms with Crippen LogP contribution in [0.5, 0.6) is 0 Å². The first-order valence-corrected chi connectivity index (χ1v) is 12.5. The standard InChI is InChI=1S/C26H28N2O4S/c1-3-28(23-7-5-4-6-8-23)26(30)19-21-11-13-22(14-12-21)27-25(29)17-18-33(31,32)24-15-9-20(2)10-16-24/h4-16H,3,17-19H2,1-2H3,(H,27,29). The Morgan fingerprint density at radius 2 is 1.52 bits per heavy atom. The van der Waals surface area contributed by atoms with E-state index in [1.807, 2.05) is 44.2 Å². The Labute approximate surface area is 195 Å². The number of sulfone groups is 1. The van der Waals surface area contributed by atoms with E-state index in [-0.39, 0.29) is 35.3 Å². The molecule has 33 heavy (non-hydrogen) atoms. The predicted octanol–water partition coefficient (Wildman–Crippen LogP) is 4.39. The number of anilines is 2. The van der Waals surface area contributed by atoms with E-state index < -0.39 is 9.84 Å². The van der Waals surface area contributed by atoms with Gasteiger partial charge in [0.25, 0.3) is 0 Å². The Morgan fingerprint density at radius 1 is 0.879 bits per heavy atom. The van der Waals surface area contributed by atoms with Crippen molar-refractivity contribution in [2.24, 2.45) is 0 Å². The van der Waals surface area contributed by atoms with Crippen LogP contribution in [0, 0.1) is 6.92 Å². The summed E-state index contributed by atoms with van der Waals surface area (Å²) in [5, 5.41) is 2.72. The molecule has 0 heterocycles. The molecule has 0 spiro atoms. The lowest BCUT2D eigenvalue weighted by molar-refractivity contribution is -0.118. The van der Waals surface area contributed by atoms with Gasteiger partial charge in [-0.1, -0.05) is 48.0 Å². The van der Waals surface area contributed by atoms with Crippen molar-refractivity contribution in [3.63, 3.8) is 0 Å². The van der Waals surface area contributed by atoms with E-state index in [9.17, 15) is 18.0 Å². The summed E-state index contributed by atoms with van der Waals surface area (Å²) in [7, 11) is -3.52. The highest BCUT2D eigenvalue weighted by Gasteiger charge is 2.17. The number of amides is 2. The first-order chi connectivity index (χ1) is 15.8. The molecule has 6 nitrogen and oxygen atoms in total. The van der Waals surface area contributed by atoms with Gasteiger partial charge < -0.3 is 10.2 Å². The molecule has 0 saturated carbocycles. The largest absolute Gasteiger partial charge is 0.326 e. The van der Waals surface area contributed by atoms with Crippen molar-refractivity contribution in [3.8, 4) is 0 Å². The second-order valence-corrected chi connectivity index (χ2v) is 9.89. The quantitative estimate of drug-likeness (QED) is 0.509. The molecular formula is C26H28N2O4S. The zero-order chi connectivity index (χ0) is 23.8. The minimum Gasteiger partial charge on any atom is -0.326 e. The molecule has 0 unspecified atom stereocenters. The van der Waals surface area contributed by atoms with Crippen molar-refractivity contribution in [2.75, 3.05) is 22.5 Å². The monoisotopic (exact) mass is 464 g/mol. The van der Waals surface area contributed by atoms with E-state index >= 15 is 0 Å². The summed E-state index contributed by atoms with van der Waals surface area (Å²) in [5.74, 6) is -0.654. The lowest BCUT2D eigenvalue weighted by Gasteiger charge is -2.21. The van der Waals surface area contributed by atoms with Gasteiger partial charge in [-0.15, -0.1) is 0 Å². The number of rotatable bonds is 9. The van der Waals surface area contributed by atoms with E-state index in [0.717, 1.165) is 16.8 Å². The van der Waals surface area contributed by atoms with Crippen molar-refractivity contribution in [2.45, 2.75) is 31.6 Å². The molecule has 0 aromatic heterocycles. The molecule has 3 rings (SSSR count). The lowest BCUT2D eigenvalue weighted by atomic mass is 10.1. The number of para-hydroxylation sites is 1. The Kier molecular flexibility index (Phi) is 8.01. The SMILES string of the molecule is CCN(C(=O)Cc1ccc(NC(=O)CCS(=O)(=O)c2ccc(C)cc2)cc1)c1ccccc1. The molecule has 0 aliphatic carbocycles. The van der Waals surface area contributed by atoms with Crippen molar-refractivity contribution < 1.29 is 18.0 Å². The molecular weight excluding hydrogens is 436 g/mol. The van der Waals surface area contributed by atoms with Crippen LogP contribution in [-0.2, 0) is 25.8 Å². The van der Waals surface area contributed by atoms with Gasteiger partial charge in [0, 0.05) is 24.3 Å². The van der Waals surface area contributed by atoms with Crippen LogP contribution in [0.15, 0.2) is 83.8 Å². The van der Waals surface area contributed by atoms with E-state index in [4.69, 9.17) is 0 Å². The summed E-state index contributed by atoms with van der Waals surface area (Å²) >= 11 is 0. The van der Waals surface area contributed by atoms with Gasteiger partial charge in [0.05, 0.1) is 17.1 Å². The highest BCUT2D eigenvalue weighted by atomic mass is 32.2. The van der Waals surface area contributed by atoms with E-state index in [1.54, 1.807) is 53.4 Å². The summed E-state index contributed by atoms with van der Waals surface area (Å²) in [6.07, 6.45) is 0.102. The van der Waals surface area contributed by atoms with Crippen molar-refractivity contribution in [1.29, 1.82) is 0 Å². The number of hydrogen-bond donors (Lipinski definition) is 1. The molecule has 0 saturated heterocycles. The maximum absolute atomic E-state index is 12.7. The molecule has 172 valence electrons. The van der Waals surface area contributed by atoms with Gasteiger partial charge in [-0.05, 0) is 55.8 Å². The number of nitrogens with zero attached hydrogens (tertiary/aromatic N) is 1. The average molecular weight is 465 g/mol. The second kappa shape index (κ2) is 10.9. The van der Waals surface area contributed by atoms with Crippen molar-refractivity contribution in [3.05, 3.63) is 90.0 Å². The molecule has 3 aromatic carbocycles. The van der Waals surface area contributed by atoms with Crippen LogP contribution in [0.3, 0.4) is 0 Å². The van der Waals surface area contributed by atoms with Gasteiger partial charge in [0.15, 0.2) is 9.84 Å². The second-order valence-electron chi connectivity index (χ2n) is 7.78. The zero-order valence-corrected chi connectivity index (χ0v) is 19.6. The van der Waals surface area contributed by atoms with Crippen LogP contribution >= 0.6 is 0 Å². The molecule has 3 aromatic rings. The maximum atomic E-state index is 12.7. The molecule has 7 heteroatoms. The highest BCUT2D eigenvalue weighted by Crippen LogP contribution is 2.17. The highest BCUT2D eigenvalue weighted by molar-refractivity contribution is 7.91. The van der Waals surface area contributed by atoms with Crippen LogP contribution in [0.25, 0.3) is 0 Å². The van der Waals surface area contributed by atoms with E-state index in [1.165, 1.54) is 0 Å². The average Bonchev–Trinajstić information content (AvgIpc) is 2.81. The Balaban J connectivity index is 1.54. The van der Waals surface area contributed by atoms with Gasteiger partial charge in [0.1, 0.15) is 0 Å². The molecule has 0 atom stereocenters. The normalized spacial score (nSPS) is 11.1. The molecule has 0 bridgehead atoms. The first kappa shape index (κ1) is 24.2. The molecule has 0 radical (unpaired) electrons. The summed E-state index contributed by atoms with van der Waals surface area (Å²) in [6.45, 7) is 4.39. The maximum Gasteiger partial charge on any atom is 0.231 e. The molecule has 2 amide bonds. The number of carbonyl (C=O) groups excluding carboxylic acids is 2. The summed E-state index contributed by atoms with van der Waals surface area (Å²) in [6, 6.07) is 23.1. The molecule has 0 fully saturated rings. The smallest absolute Gasteiger partial charge is 0.231 e. The van der Waals surface area contributed by atoms with Gasteiger partial charge in [-0.25, -0.2) is 8.42 Å². The fourth-order valence-electron chi connectivity index (χ4n) is 3.40. The number of nitrogens with one attached hydrogen (secondary N) is 1. The fraction of sp³-hybridized carbons (Fsp3) is 0.231. The van der Waals surface area contributed by atoms with Gasteiger partial charge in [0.2, 0.25) is 11.8 Å². The Hall–Kier alpha value is -3.45. The van der Waals surface area contributed by atoms with Crippen LogP contribution in [0.4, 0.5) is 11.4 Å². The van der Waals surface area contributed by atoms with Crippen molar-refractivity contribution in [1.82, 2.24) is 0 Å². The number of aryl methyl sites for hydroxylation is 1. The van der Waals surface area contributed by atoms with Crippen LogP contribution in [-0.4, -0.2) is 32.5 Å². The van der Waals surface area contributed by atoms with Gasteiger partial charge in [-0.3, -0.25) is 9.59 Å². The minimum absolute atomic E-state index is 0.0122. The third-order valence-corrected chi connectivity index (χ3v) is 6.99. The van der Waals surface area contributed by atoms with Gasteiger partial charge >= 0.3 is 0 Å². The summed E-state index contributed by atoms with van der Waals surface area (Å²) in [4.78, 5) is 26.9. The van der Waals surface area contributed by atoms with E-state index in [2.05, 4.69) is 5.32 Å². The molecule has 1 N–H and O–H groups in total. The van der Waals surface area contributed by atoms with Crippen LogP contribution < -0.4 is 10.2 Å². The summed E-state index contributed by atoms with van der Waals surface area (Å²) < 4.78 is 24.8. The Bertz CT molecular complexity index is 1190.